The summed E-state index contributed by atoms with van der Waals surface area (Å²) in [5.41, 5.74) is 2.74. The lowest BCUT2D eigenvalue weighted by Crippen LogP contribution is -2.46. The number of aromatic nitrogens is 3. The smallest absolute Gasteiger partial charge is 0.325 e. The quantitative estimate of drug-likeness (QED) is 0.568. The highest BCUT2D eigenvalue weighted by molar-refractivity contribution is 6.07. The lowest BCUT2D eigenvalue weighted by Gasteiger charge is -2.33. The zero-order valence-electron chi connectivity index (χ0n) is 17.8. The number of carbonyl (C=O) groups is 2. The molecule has 3 heterocycles. The molecule has 0 bridgehead atoms. The van der Waals surface area contributed by atoms with Crippen LogP contribution in [0.5, 0.6) is 0 Å². The van der Waals surface area contributed by atoms with Crippen molar-refractivity contribution >= 4 is 22.9 Å². The molecule has 1 saturated heterocycles. The molecule has 1 amide bonds. The van der Waals surface area contributed by atoms with E-state index in [-0.39, 0.29) is 18.5 Å². The van der Waals surface area contributed by atoms with E-state index in [0.29, 0.717) is 54.9 Å². The minimum atomic E-state index is -0.447. The van der Waals surface area contributed by atoms with Gasteiger partial charge in [0.1, 0.15) is 6.54 Å². The normalized spacial score (nSPS) is 14.5. The van der Waals surface area contributed by atoms with Crippen LogP contribution in [0.2, 0.25) is 0 Å². The number of amides is 1. The highest BCUT2D eigenvalue weighted by Gasteiger charge is 2.30. The van der Waals surface area contributed by atoms with Crippen molar-refractivity contribution in [2.24, 2.45) is 0 Å². The van der Waals surface area contributed by atoms with Crippen LogP contribution in [-0.4, -0.2) is 64.5 Å². The highest BCUT2D eigenvalue weighted by atomic mass is 16.5. The number of rotatable bonds is 6. The van der Waals surface area contributed by atoms with Crippen molar-refractivity contribution < 1.29 is 19.1 Å². The molecule has 1 aliphatic rings. The molecule has 2 aromatic heterocycles. The van der Waals surface area contributed by atoms with Crippen molar-refractivity contribution in [2.45, 2.75) is 32.4 Å². The maximum Gasteiger partial charge on any atom is 0.325 e. The number of benzene rings is 1. The van der Waals surface area contributed by atoms with E-state index in [1.807, 2.05) is 37.3 Å². The third kappa shape index (κ3) is 4.29. The molecular weight excluding hydrogens is 396 g/mol. The Morgan fingerprint density at radius 2 is 1.97 bits per heavy atom. The maximum absolute atomic E-state index is 13.8. The van der Waals surface area contributed by atoms with Crippen molar-refractivity contribution in [3.05, 3.63) is 48.2 Å². The molecule has 1 fully saturated rings. The molecule has 8 heteroatoms. The number of ether oxygens (including phenoxy) is 2. The first kappa shape index (κ1) is 21.0. The average molecular weight is 422 g/mol. The van der Waals surface area contributed by atoms with Gasteiger partial charge in [-0.2, -0.15) is 5.10 Å². The van der Waals surface area contributed by atoms with Gasteiger partial charge < -0.3 is 14.4 Å². The first-order valence-corrected chi connectivity index (χ1v) is 10.5. The Balaban J connectivity index is 1.82. The van der Waals surface area contributed by atoms with Crippen molar-refractivity contribution in [3.8, 4) is 11.3 Å². The number of esters is 1. The van der Waals surface area contributed by atoms with Gasteiger partial charge in [0, 0.05) is 31.4 Å². The Morgan fingerprint density at radius 1 is 1.23 bits per heavy atom. The number of nitrogens with zero attached hydrogens (tertiary/aromatic N) is 4. The molecule has 0 atom stereocenters. The summed E-state index contributed by atoms with van der Waals surface area (Å²) in [7, 11) is 1.33. The first-order valence-electron chi connectivity index (χ1n) is 10.5. The van der Waals surface area contributed by atoms with Gasteiger partial charge in [0.2, 0.25) is 0 Å². The number of hydrogen-bond acceptors (Lipinski definition) is 6. The summed E-state index contributed by atoms with van der Waals surface area (Å²) in [5.74, 6) is -0.671. The largest absolute Gasteiger partial charge is 0.468 e. The summed E-state index contributed by atoms with van der Waals surface area (Å²) in [5, 5.41) is 5.09. The predicted octanol–water partition coefficient (Wildman–Crippen LogP) is 2.91. The van der Waals surface area contributed by atoms with Crippen molar-refractivity contribution in [2.75, 3.05) is 26.9 Å². The van der Waals surface area contributed by atoms with Crippen molar-refractivity contribution in [1.82, 2.24) is 19.7 Å². The van der Waals surface area contributed by atoms with Crippen molar-refractivity contribution in [1.29, 1.82) is 0 Å². The third-order valence-electron chi connectivity index (χ3n) is 5.63. The number of carbonyl (C=O) groups excluding carboxylic acids is 2. The summed E-state index contributed by atoms with van der Waals surface area (Å²) < 4.78 is 12.1. The molecule has 8 nitrogen and oxygen atoms in total. The van der Waals surface area contributed by atoms with E-state index in [4.69, 9.17) is 14.5 Å². The Labute approximate surface area is 180 Å². The van der Waals surface area contributed by atoms with Crippen molar-refractivity contribution in [3.63, 3.8) is 0 Å². The van der Waals surface area contributed by atoms with Gasteiger partial charge in [0.15, 0.2) is 5.65 Å². The third-order valence-corrected chi connectivity index (χ3v) is 5.63. The van der Waals surface area contributed by atoms with Gasteiger partial charge in [-0.05, 0) is 25.8 Å². The molecule has 0 aliphatic carbocycles. The monoisotopic (exact) mass is 422 g/mol. The minimum absolute atomic E-state index is 0.0926. The van der Waals surface area contributed by atoms with Crippen LogP contribution in [0.25, 0.3) is 22.3 Å². The minimum Gasteiger partial charge on any atom is -0.468 e. The topological polar surface area (TPSA) is 86.6 Å². The number of pyridine rings is 1. The van der Waals surface area contributed by atoms with Crippen LogP contribution in [0.4, 0.5) is 0 Å². The summed E-state index contributed by atoms with van der Waals surface area (Å²) in [6.45, 7) is 3.63. The van der Waals surface area contributed by atoms with E-state index >= 15 is 0 Å². The second-order valence-electron chi connectivity index (χ2n) is 7.47. The Morgan fingerprint density at radius 3 is 2.65 bits per heavy atom. The van der Waals surface area contributed by atoms with Gasteiger partial charge in [-0.3, -0.25) is 9.59 Å². The summed E-state index contributed by atoms with van der Waals surface area (Å²) in [4.78, 5) is 32.3. The number of aryl methyl sites for hydroxylation is 1. The fourth-order valence-corrected chi connectivity index (χ4v) is 3.93. The van der Waals surface area contributed by atoms with Crippen LogP contribution in [0, 0.1) is 0 Å². The molecule has 31 heavy (non-hydrogen) atoms. The van der Waals surface area contributed by atoms with Gasteiger partial charge in [0.25, 0.3) is 5.91 Å². The molecular formula is C23H26N4O4. The highest BCUT2D eigenvalue weighted by Crippen LogP contribution is 2.27. The Hall–Kier alpha value is -3.26. The number of fused-ring (bicyclic) bond motifs is 1. The average Bonchev–Trinajstić information content (AvgIpc) is 3.25. The van der Waals surface area contributed by atoms with Crippen LogP contribution in [0.1, 0.15) is 30.1 Å². The SMILES string of the molecule is CCn1ncc2c(C(=O)N(CC(=O)OC)C3CCOCC3)cc(-c3ccccc3)nc21. The standard InChI is InChI=1S/C23H26N4O4/c1-3-27-22-19(14-24-27)18(13-20(25-22)16-7-5-4-6-8-16)23(29)26(15-21(28)30-2)17-9-11-31-12-10-17/h4-8,13-14,17H,3,9-12,15H2,1-2H3. The fraction of sp³-hybridized carbons (Fsp3) is 0.391. The van der Waals surface area contributed by atoms with Gasteiger partial charge in [-0.15, -0.1) is 0 Å². The van der Waals surface area contributed by atoms with Crippen LogP contribution in [-0.2, 0) is 20.8 Å². The van der Waals surface area contributed by atoms with Gasteiger partial charge in [-0.25, -0.2) is 9.67 Å². The second kappa shape index (κ2) is 9.26. The van der Waals surface area contributed by atoms with E-state index in [1.165, 1.54) is 7.11 Å². The van der Waals surface area contributed by atoms with Crippen LogP contribution >= 0.6 is 0 Å². The molecule has 1 aliphatic heterocycles. The fourth-order valence-electron chi connectivity index (χ4n) is 3.93. The van der Waals surface area contributed by atoms with E-state index < -0.39 is 5.97 Å². The maximum atomic E-state index is 13.8. The van der Waals surface area contributed by atoms with E-state index in [1.54, 1.807) is 21.8 Å². The lowest BCUT2D eigenvalue weighted by molar-refractivity contribution is -0.142. The molecule has 162 valence electrons. The summed E-state index contributed by atoms with van der Waals surface area (Å²) >= 11 is 0. The number of hydrogen-bond donors (Lipinski definition) is 0. The summed E-state index contributed by atoms with van der Waals surface area (Å²) in [6.07, 6.45) is 3.03. The van der Waals surface area contributed by atoms with E-state index in [0.717, 1.165) is 5.56 Å². The second-order valence-corrected chi connectivity index (χ2v) is 7.47. The molecule has 0 N–H and O–H groups in total. The first-order chi connectivity index (χ1) is 15.1. The lowest BCUT2D eigenvalue weighted by atomic mass is 10.0. The van der Waals surface area contributed by atoms with Gasteiger partial charge >= 0.3 is 5.97 Å². The molecule has 3 aromatic rings. The Bertz CT molecular complexity index is 1070. The summed E-state index contributed by atoms with van der Waals surface area (Å²) in [6, 6.07) is 11.4. The molecule has 1 aromatic carbocycles. The van der Waals surface area contributed by atoms with Gasteiger partial charge in [-0.1, -0.05) is 30.3 Å². The van der Waals surface area contributed by atoms with E-state index in [2.05, 4.69) is 5.10 Å². The zero-order valence-corrected chi connectivity index (χ0v) is 17.8. The van der Waals surface area contributed by atoms with Crippen LogP contribution < -0.4 is 0 Å². The Kier molecular flexibility index (Phi) is 6.27. The van der Waals surface area contributed by atoms with Gasteiger partial charge in [0.05, 0.1) is 30.0 Å². The number of methoxy groups -OCH3 is 1. The van der Waals surface area contributed by atoms with E-state index in [9.17, 15) is 9.59 Å². The predicted molar refractivity (Wildman–Crippen MR) is 116 cm³/mol. The zero-order chi connectivity index (χ0) is 21.8. The molecule has 0 unspecified atom stereocenters. The molecule has 0 spiro atoms. The van der Waals surface area contributed by atoms with Crippen LogP contribution in [0.15, 0.2) is 42.6 Å². The molecule has 4 rings (SSSR count). The molecule has 0 saturated carbocycles. The molecule has 0 radical (unpaired) electrons. The van der Waals surface area contributed by atoms with Crippen LogP contribution in [0.3, 0.4) is 0 Å².